The minimum absolute atomic E-state index is 0.446. The highest BCUT2D eigenvalue weighted by atomic mass is 19.1. The number of hydrogen-bond acceptors (Lipinski definition) is 1. The van der Waals surface area contributed by atoms with E-state index in [1.165, 1.54) is 0 Å². The Hall–Kier alpha value is -0.630. The van der Waals surface area contributed by atoms with Gasteiger partial charge in [-0.05, 0) is 38.5 Å². The zero-order chi connectivity index (χ0) is 10.2. The Bertz CT molecular complexity index is 176. The molecule has 0 saturated heterocycles. The lowest BCUT2D eigenvalue weighted by molar-refractivity contribution is 0.0671. The minimum atomic E-state index is -1.06. The van der Waals surface area contributed by atoms with Crippen molar-refractivity contribution in [2.45, 2.75) is 50.8 Å². The number of halogens is 1. The van der Waals surface area contributed by atoms with Crippen molar-refractivity contribution in [3.8, 4) is 0 Å². The van der Waals surface area contributed by atoms with Crippen LogP contribution >= 0.6 is 0 Å². The maximum absolute atomic E-state index is 13.3. The fraction of sp³-hybridized carbons (Fsp3) is 0.667. The van der Waals surface area contributed by atoms with Gasteiger partial charge in [0, 0.05) is 0 Å². The van der Waals surface area contributed by atoms with E-state index in [4.69, 9.17) is 0 Å². The van der Waals surface area contributed by atoms with Crippen LogP contribution in [0.2, 0.25) is 0 Å². The SMILES string of the molecule is OC1CC/C=C/CC/C=C/CC[C@@H]1F. The fourth-order valence-corrected chi connectivity index (χ4v) is 1.56. The zero-order valence-electron chi connectivity index (χ0n) is 8.53. The standard InChI is InChI=1S/C12H19FO/c13-11-9-7-5-3-1-2-4-6-8-10-12(11)14/h3-6,11-12,14H,1-2,7-10H2/b5-3+,6-4+/t11-,12?/m0/s1. The third-order valence-corrected chi connectivity index (χ3v) is 2.49. The van der Waals surface area contributed by atoms with Gasteiger partial charge in [-0.2, -0.15) is 0 Å². The molecule has 2 atom stereocenters. The second-order valence-electron chi connectivity index (χ2n) is 3.76. The lowest BCUT2D eigenvalue weighted by Gasteiger charge is -2.14. The molecule has 0 aromatic carbocycles. The van der Waals surface area contributed by atoms with Gasteiger partial charge in [-0.25, -0.2) is 4.39 Å². The molecular formula is C12H19FO. The molecule has 0 amide bonds. The van der Waals surface area contributed by atoms with Crippen molar-refractivity contribution in [2.24, 2.45) is 0 Å². The number of alkyl halides is 1. The largest absolute Gasteiger partial charge is 0.390 e. The summed E-state index contributed by atoms with van der Waals surface area (Å²) in [4.78, 5) is 0. The monoisotopic (exact) mass is 198 g/mol. The van der Waals surface area contributed by atoms with Gasteiger partial charge in [0.25, 0.3) is 0 Å². The van der Waals surface area contributed by atoms with E-state index in [0.717, 1.165) is 25.7 Å². The molecule has 1 rings (SSSR count). The first-order valence-electron chi connectivity index (χ1n) is 5.43. The quantitative estimate of drug-likeness (QED) is 0.593. The first-order valence-corrected chi connectivity index (χ1v) is 5.43. The first-order chi connectivity index (χ1) is 6.80. The van der Waals surface area contributed by atoms with Gasteiger partial charge in [0.1, 0.15) is 6.17 Å². The van der Waals surface area contributed by atoms with Gasteiger partial charge >= 0.3 is 0 Å². The Labute approximate surface area is 85.3 Å². The van der Waals surface area contributed by atoms with Crippen LogP contribution < -0.4 is 0 Å². The van der Waals surface area contributed by atoms with E-state index in [9.17, 15) is 9.50 Å². The molecule has 1 aliphatic rings. The van der Waals surface area contributed by atoms with Crippen LogP contribution in [0, 0.1) is 0 Å². The summed E-state index contributed by atoms with van der Waals surface area (Å²) < 4.78 is 13.3. The van der Waals surface area contributed by atoms with Gasteiger partial charge in [0.15, 0.2) is 0 Å². The molecule has 1 nitrogen and oxygen atoms in total. The summed E-state index contributed by atoms with van der Waals surface area (Å²) in [5, 5.41) is 9.43. The maximum Gasteiger partial charge on any atom is 0.126 e. The van der Waals surface area contributed by atoms with Gasteiger partial charge in [-0.15, -0.1) is 0 Å². The predicted octanol–water partition coefficient (Wildman–Crippen LogP) is 3.15. The summed E-state index contributed by atoms with van der Waals surface area (Å²) >= 11 is 0. The summed E-state index contributed by atoms with van der Waals surface area (Å²) in [6.45, 7) is 0. The molecule has 0 bridgehead atoms. The van der Waals surface area contributed by atoms with Gasteiger partial charge in [0.05, 0.1) is 6.10 Å². The van der Waals surface area contributed by atoms with Crippen molar-refractivity contribution in [3.05, 3.63) is 24.3 Å². The average molecular weight is 198 g/mol. The number of aliphatic hydroxyl groups is 1. The Balaban J connectivity index is 2.41. The third-order valence-electron chi connectivity index (χ3n) is 2.49. The predicted molar refractivity (Wildman–Crippen MR) is 56.9 cm³/mol. The van der Waals surface area contributed by atoms with Crippen molar-refractivity contribution in [1.29, 1.82) is 0 Å². The molecule has 0 aliphatic heterocycles. The first kappa shape index (κ1) is 11.4. The molecule has 0 radical (unpaired) electrons. The van der Waals surface area contributed by atoms with Crippen LogP contribution in [0.25, 0.3) is 0 Å². The van der Waals surface area contributed by atoms with E-state index < -0.39 is 12.3 Å². The average Bonchev–Trinajstić information content (AvgIpc) is 2.18. The van der Waals surface area contributed by atoms with Crippen molar-refractivity contribution in [2.75, 3.05) is 0 Å². The molecule has 1 N–H and O–H groups in total. The van der Waals surface area contributed by atoms with Crippen LogP contribution in [-0.2, 0) is 0 Å². The van der Waals surface area contributed by atoms with Crippen LogP contribution in [0.4, 0.5) is 4.39 Å². The van der Waals surface area contributed by atoms with Gasteiger partial charge < -0.3 is 5.11 Å². The van der Waals surface area contributed by atoms with E-state index in [2.05, 4.69) is 12.2 Å². The van der Waals surface area contributed by atoms with E-state index in [1.807, 2.05) is 12.2 Å². The number of aliphatic hydroxyl groups excluding tert-OH is 1. The Morgan fingerprint density at radius 3 is 2.00 bits per heavy atom. The fourth-order valence-electron chi connectivity index (χ4n) is 1.56. The molecule has 2 heteroatoms. The van der Waals surface area contributed by atoms with Crippen LogP contribution in [0.15, 0.2) is 24.3 Å². The molecule has 0 aromatic heterocycles. The molecule has 0 fully saturated rings. The lowest BCUT2D eigenvalue weighted by atomic mass is 10.0. The Morgan fingerprint density at radius 1 is 0.857 bits per heavy atom. The van der Waals surface area contributed by atoms with Crippen LogP contribution in [0.3, 0.4) is 0 Å². The normalized spacial score (nSPS) is 35.3. The van der Waals surface area contributed by atoms with E-state index in [-0.39, 0.29) is 0 Å². The topological polar surface area (TPSA) is 20.2 Å². The van der Waals surface area contributed by atoms with E-state index in [0.29, 0.717) is 12.8 Å². The molecule has 1 unspecified atom stereocenters. The second kappa shape index (κ2) is 6.77. The lowest BCUT2D eigenvalue weighted by Crippen LogP contribution is -2.21. The zero-order valence-corrected chi connectivity index (χ0v) is 8.53. The number of hydrogen-bond donors (Lipinski definition) is 1. The highest BCUT2D eigenvalue weighted by molar-refractivity contribution is 4.90. The number of allylic oxidation sites excluding steroid dienone is 4. The summed E-state index contributed by atoms with van der Waals surface area (Å²) in [6, 6.07) is 0. The molecule has 14 heavy (non-hydrogen) atoms. The van der Waals surface area contributed by atoms with Gasteiger partial charge in [-0.1, -0.05) is 24.3 Å². The van der Waals surface area contributed by atoms with Crippen molar-refractivity contribution in [1.82, 2.24) is 0 Å². The highest BCUT2D eigenvalue weighted by Crippen LogP contribution is 2.14. The third kappa shape index (κ3) is 4.56. The number of rotatable bonds is 0. The van der Waals surface area contributed by atoms with Crippen molar-refractivity contribution < 1.29 is 9.50 Å². The minimum Gasteiger partial charge on any atom is -0.390 e. The molecular weight excluding hydrogens is 179 g/mol. The van der Waals surface area contributed by atoms with E-state index in [1.54, 1.807) is 0 Å². The van der Waals surface area contributed by atoms with Crippen molar-refractivity contribution >= 4 is 0 Å². The molecule has 1 aliphatic carbocycles. The van der Waals surface area contributed by atoms with Crippen LogP contribution in [-0.4, -0.2) is 17.4 Å². The van der Waals surface area contributed by atoms with Crippen molar-refractivity contribution in [3.63, 3.8) is 0 Å². The summed E-state index contributed by atoms with van der Waals surface area (Å²) in [5.41, 5.74) is 0. The Morgan fingerprint density at radius 2 is 1.36 bits per heavy atom. The summed E-state index contributed by atoms with van der Waals surface area (Å²) in [5.74, 6) is 0. The maximum atomic E-state index is 13.3. The molecule has 0 aromatic rings. The smallest absolute Gasteiger partial charge is 0.126 e. The second-order valence-corrected chi connectivity index (χ2v) is 3.76. The van der Waals surface area contributed by atoms with Gasteiger partial charge in [0.2, 0.25) is 0 Å². The summed E-state index contributed by atoms with van der Waals surface area (Å²) in [6.07, 6.45) is 11.0. The highest BCUT2D eigenvalue weighted by Gasteiger charge is 2.16. The molecule has 0 spiro atoms. The van der Waals surface area contributed by atoms with Gasteiger partial charge in [-0.3, -0.25) is 0 Å². The van der Waals surface area contributed by atoms with Crippen LogP contribution in [0.5, 0.6) is 0 Å². The van der Waals surface area contributed by atoms with E-state index >= 15 is 0 Å². The molecule has 80 valence electrons. The summed E-state index contributed by atoms with van der Waals surface area (Å²) in [7, 11) is 0. The molecule has 0 heterocycles. The molecule has 0 saturated carbocycles. The van der Waals surface area contributed by atoms with Crippen LogP contribution in [0.1, 0.15) is 38.5 Å². The Kier molecular flexibility index (Phi) is 5.53.